The van der Waals surface area contributed by atoms with Gasteiger partial charge in [0.05, 0.1) is 6.42 Å². The molecule has 0 radical (unpaired) electrons. The number of amides is 2. The molecule has 0 spiro atoms. The van der Waals surface area contributed by atoms with Gasteiger partial charge < -0.3 is 20.1 Å². The number of hydrogen-bond acceptors (Lipinski definition) is 4. The molecule has 1 heterocycles. The molecule has 0 unspecified atom stereocenters. The van der Waals surface area contributed by atoms with E-state index in [1.165, 1.54) is 0 Å². The minimum atomic E-state index is -0.922. The monoisotopic (exact) mass is 464 g/mol. The number of carboxylic acid groups (broad SMARTS) is 1. The molecule has 1 fully saturated rings. The molecule has 7 nitrogen and oxygen atoms in total. The van der Waals surface area contributed by atoms with Crippen LogP contribution in [0.1, 0.15) is 56.6 Å². The van der Waals surface area contributed by atoms with Gasteiger partial charge in [-0.05, 0) is 47.4 Å². The van der Waals surface area contributed by atoms with Crippen LogP contribution in [-0.4, -0.2) is 53.2 Å². The summed E-state index contributed by atoms with van der Waals surface area (Å²) in [5.41, 5.74) is 4.55. The molecule has 2 atom stereocenters. The lowest BCUT2D eigenvalue weighted by atomic mass is 9.98. The van der Waals surface area contributed by atoms with Crippen molar-refractivity contribution >= 4 is 18.0 Å². The van der Waals surface area contributed by atoms with E-state index in [1.54, 1.807) is 4.90 Å². The normalized spacial score (nSPS) is 17.9. The first-order chi connectivity index (χ1) is 16.3. The van der Waals surface area contributed by atoms with Gasteiger partial charge in [-0.1, -0.05) is 62.4 Å². The Morgan fingerprint density at radius 3 is 2.26 bits per heavy atom. The highest BCUT2D eigenvalue weighted by atomic mass is 16.5. The van der Waals surface area contributed by atoms with Crippen molar-refractivity contribution < 1.29 is 24.2 Å². The summed E-state index contributed by atoms with van der Waals surface area (Å²) in [5.74, 6) is -1.04. The van der Waals surface area contributed by atoms with E-state index in [9.17, 15) is 19.5 Å². The summed E-state index contributed by atoms with van der Waals surface area (Å²) in [7, 11) is 0. The van der Waals surface area contributed by atoms with Crippen molar-refractivity contribution in [2.24, 2.45) is 5.92 Å². The number of carbonyl (C=O) groups is 3. The predicted octanol–water partition coefficient (Wildman–Crippen LogP) is 4.41. The Bertz CT molecular complexity index is 1020. The van der Waals surface area contributed by atoms with Gasteiger partial charge in [-0.2, -0.15) is 0 Å². The molecule has 2 amide bonds. The van der Waals surface area contributed by atoms with Gasteiger partial charge in [-0.3, -0.25) is 9.59 Å². The third-order valence-electron chi connectivity index (χ3n) is 6.71. The van der Waals surface area contributed by atoms with E-state index in [2.05, 4.69) is 29.6 Å². The maximum absolute atomic E-state index is 13.3. The minimum Gasteiger partial charge on any atom is -0.481 e. The van der Waals surface area contributed by atoms with Crippen LogP contribution in [0.3, 0.4) is 0 Å². The third kappa shape index (κ3) is 5.08. The molecule has 0 bridgehead atoms. The number of carbonyl (C=O) groups excluding carboxylic acids is 2. The summed E-state index contributed by atoms with van der Waals surface area (Å²) in [6.45, 7) is 4.66. The number of aliphatic carboxylic acids is 1. The van der Waals surface area contributed by atoms with Crippen LogP contribution >= 0.6 is 0 Å². The Morgan fingerprint density at radius 2 is 1.68 bits per heavy atom. The quantitative estimate of drug-likeness (QED) is 0.604. The van der Waals surface area contributed by atoms with Crippen LogP contribution in [0, 0.1) is 5.92 Å². The SMILES string of the molecule is CC(C)C[C@H](NC(=O)OCC1c2ccccc2-c2ccccc21)C(=O)N1CCC[C@@H]1CC(=O)O. The van der Waals surface area contributed by atoms with E-state index >= 15 is 0 Å². The predicted molar refractivity (Wildman–Crippen MR) is 128 cm³/mol. The number of benzene rings is 2. The molecule has 0 saturated carbocycles. The fourth-order valence-corrected chi connectivity index (χ4v) is 5.22. The summed E-state index contributed by atoms with van der Waals surface area (Å²) in [4.78, 5) is 38.9. The van der Waals surface area contributed by atoms with Gasteiger partial charge in [0.25, 0.3) is 0 Å². The molecule has 1 saturated heterocycles. The first-order valence-electron chi connectivity index (χ1n) is 12.0. The van der Waals surface area contributed by atoms with Gasteiger partial charge in [0.2, 0.25) is 5.91 Å². The molecular formula is C27H32N2O5. The summed E-state index contributed by atoms with van der Waals surface area (Å²) < 4.78 is 5.64. The van der Waals surface area contributed by atoms with Crippen molar-refractivity contribution in [3.63, 3.8) is 0 Å². The fourth-order valence-electron chi connectivity index (χ4n) is 5.22. The van der Waals surface area contributed by atoms with Crippen LogP contribution in [0.4, 0.5) is 4.79 Å². The van der Waals surface area contributed by atoms with Crippen LogP contribution in [0.2, 0.25) is 0 Å². The Kier molecular flexibility index (Phi) is 7.20. The number of hydrogen-bond donors (Lipinski definition) is 2. The molecule has 7 heteroatoms. The van der Waals surface area contributed by atoms with Crippen molar-refractivity contribution in [2.75, 3.05) is 13.2 Å². The number of nitrogens with one attached hydrogen (secondary N) is 1. The van der Waals surface area contributed by atoms with Crippen molar-refractivity contribution in [2.45, 2.75) is 57.5 Å². The van der Waals surface area contributed by atoms with Crippen molar-refractivity contribution in [3.05, 3.63) is 59.7 Å². The minimum absolute atomic E-state index is 0.0593. The number of nitrogens with zero attached hydrogens (tertiary/aromatic N) is 1. The van der Waals surface area contributed by atoms with Crippen LogP contribution in [-0.2, 0) is 14.3 Å². The topological polar surface area (TPSA) is 95.9 Å². The first-order valence-corrected chi connectivity index (χ1v) is 12.0. The van der Waals surface area contributed by atoms with Crippen LogP contribution in [0.25, 0.3) is 11.1 Å². The first kappa shape index (κ1) is 23.8. The highest BCUT2D eigenvalue weighted by Gasteiger charge is 2.36. The summed E-state index contributed by atoms with van der Waals surface area (Å²) in [6, 6.07) is 15.2. The highest BCUT2D eigenvalue weighted by molar-refractivity contribution is 5.86. The van der Waals surface area contributed by atoms with Gasteiger partial charge in [0.15, 0.2) is 0 Å². The van der Waals surface area contributed by atoms with Crippen LogP contribution in [0.15, 0.2) is 48.5 Å². The molecule has 2 N–H and O–H groups in total. The maximum atomic E-state index is 13.3. The second-order valence-electron chi connectivity index (χ2n) is 9.58. The maximum Gasteiger partial charge on any atom is 0.407 e. The smallest absolute Gasteiger partial charge is 0.407 e. The second kappa shape index (κ2) is 10.3. The van der Waals surface area contributed by atoms with Crippen molar-refractivity contribution in [1.82, 2.24) is 10.2 Å². The molecule has 1 aliphatic carbocycles. The molecule has 2 aliphatic rings. The van der Waals surface area contributed by atoms with Gasteiger partial charge >= 0.3 is 12.1 Å². The van der Waals surface area contributed by atoms with Crippen molar-refractivity contribution in [3.8, 4) is 11.1 Å². The number of fused-ring (bicyclic) bond motifs is 3. The van der Waals surface area contributed by atoms with E-state index in [4.69, 9.17) is 4.74 Å². The van der Waals surface area contributed by atoms with E-state index in [-0.39, 0.29) is 36.8 Å². The zero-order valence-corrected chi connectivity index (χ0v) is 19.7. The summed E-state index contributed by atoms with van der Waals surface area (Å²) in [6.07, 6.45) is 1.18. The van der Waals surface area contributed by atoms with Gasteiger partial charge in [-0.25, -0.2) is 4.79 Å². The van der Waals surface area contributed by atoms with Crippen LogP contribution < -0.4 is 5.32 Å². The number of rotatable bonds is 8. The highest BCUT2D eigenvalue weighted by Crippen LogP contribution is 2.44. The molecule has 2 aromatic rings. The molecule has 1 aliphatic heterocycles. The van der Waals surface area contributed by atoms with E-state index < -0.39 is 18.1 Å². The largest absolute Gasteiger partial charge is 0.481 e. The lowest BCUT2D eigenvalue weighted by Gasteiger charge is -2.29. The zero-order valence-electron chi connectivity index (χ0n) is 19.7. The van der Waals surface area contributed by atoms with Crippen molar-refractivity contribution in [1.29, 1.82) is 0 Å². The average molecular weight is 465 g/mol. The molecule has 2 aromatic carbocycles. The Balaban J connectivity index is 1.43. The third-order valence-corrected chi connectivity index (χ3v) is 6.71. The van der Waals surface area contributed by atoms with Gasteiger partial charge in [-0.15, -0.1) is 0 Å². The fraction of sp³-hybridized carbons (Fsp3) is 0.444. The number of likely N-dealkylation sites (tertiary alicyclic amines) is 1. The average Bonchev–Trinajstić information content (AvgIpc) is 3.38. The van der Waals surface area contributed by atoms with Gasteiger partial charge in [0, 0.05) is 18.5 Å². The van der Waals surface area contributed by atoms with E-state index in [1.807, 2.05) is 38.1 Å². The number of alkyl carbamates (subject to hydrolysis) is 1. The molecule has 0 aromatic heterocycles. The molecule has 180 valence electrons. The Hall–Kier alpha value is -3.35. The Morgan fingerprint density at radius 1 is 1.06 bits per heavy atom. The van der Waals surface area contributed by atoms with E-state index in [0.29, 0.717) is 19.4 Å². The number of carboxylic acids is 1. The van der Waals surface area contributed by atoms with E-state index in [0.717, 1.165) is 28.7 Å². The molecular weight excluding hydrogens is 432 g/mol. The molecule has 34 heavy (non-hydrogen) atoms. The zero-order chi connectivity index (χ0) is 24.2. The second-order valence-corrected chi connectivity index (χ2v) is 9.58. The number of ether oxygens (including phenoxy) is 1. The summed E-state index contributed by atoms with van der Waals surface area (Å²) in [5, 5.41) is 12.0. The van der Waals surface area contributed by atoms with Gasteiger partial charge in [0.1, 0.15) is 12.6 Å². The summed E-state index contributed by atoms with van der Waals surface area (Å²) >= 11 is 0. The molecule has 4 rings (SSSR count). The lowest BCUT2D eigenvalue weighted by Crippen LogP contribution is -2.51. The Labute approximate surface area is 200 Å². The standard InChI is InChI=1S/C27H32N2O5/c1-17(2)14-24(26(32)29-13-7-8-18(29)15-25(30)31)28-27(33)34-16-23-21-11-5-3-9-19(21)20-10-4-6-12-22(20)23/h3-6,9-12,17-18,23-24H,7-8,13-16H2,1-2H3,(H,28,33)(H,30,31)/t18-,24+/m1/s1. The van der Waals surface area contributed by atoms with Crippen LogP contribution in [0.5, 0.6) is 0 Å². The lowest BCUT2D eigenvalue weighted by molar-refractivity contribution is -0.140.